The maximum absolute atomic E-state index is 11.8. The molecular weight excluding hydrogens is 244 g/mol. The van der Waals surface area contributed by atoms with Crippen molar-refractivity contribution in [2.45, 2.75) is 38.6 Å². The van der Waals surface area contributed by atoms with Crippen LogP contribution >= 0.6 is 12.2 Å². The molecule has 18 heavy (non-hydrogen) atoms. The molecule has 1 aliphatic rings. The van der Waals surface area contributed by atoms with E-state index in [0.717, 1.165) is 24.9 Å². The first-order valence-corrected chi connectivity index (χ1v) is 6.80. The van der Waals surface area contributed by atoms with Gasteiger partial charge in [0.1, 0.15) is 0 Å². The van der Waals surface area contributed by atoms with Crippen molar-refractivity contribution in [2.75, 3.05) is 5.32 Å². The van der Waals surface area contributed by atoms with Gasteiger partial charge >= 0.3 is 0 Å². The van der Waals surface area contributed by atoms with Crippen LogP contribution in [0.1, 0.15) is 31.7 Å². The zero-order chi connectivity index (χ0) is 13.0. The molecule has 0 spiro atoms. The van der Waals surface area contributed by atoms with E-state index in [-0.39, 0.29) is 5.91 Å². The second-order valence-corrected chi connectivity index (χ2v) is 5.01. The van der Waals surface area contributed by atoms with Crippen LogP contribution in [0.2, 0.25) is 0 Å². The Hall–Kier alpha value is -1.42. The maximum Gasteiger partial charge on any atom is 0.283 e. The molecule has 3 nitrogen and oxygen atoms in total. The van der Waals surface area contributed by atoms with E-state index in [1.807, 2.05) is 24.3 Å². The highest BCUT2D eigenvalue weighted by Crippen LogP contribution is 2.18. The summed E-state index contributed by atoms with van der Waals surface area (Å²) >= 11 is 5.08. The molecule has 0 radical (unpaired) electrons. The molecule has 2 N–H and O–H groups in total. The summed E-state index contributed by atoms with van der Waals surface area (Å²) in [6.07, 6.45) is 4.44. The van der Waals surface area contributed by atoms with Crippen LogP contribution in [0, 0.1) is 0 Å². The van der Waals surface area contributed by atoms with Gasteiger partial charge in [0.15, 0.2) is 4.99 Å². The van der Waals surface area contributed by atoms with Crippen molar-refractivity contribution < 1.29 is 4.79 Å². The molecule has 1 saturated carbocycles. The number of benzene rings is 1. The summed E-state index contributed by atoms with van der Waals surface area (Å²) in [4.78, 5) is 12.1. The number of aryl methyl sites for hydroxylation is 1. The smallest absolute Gasteiger partial charge is 0.283 e. The topological polar surface area (TPSA) is 41.1 Å². The number of carbonyl (C=O) groups is 1. The van der Waals surface area contributed by atoms with Crippen molar-refractivity contribution in [3.63, 3.8) is 0 Å². The van der Waals surface area contributed by atoms with Crippen LogP contribution in [0.4, 0.5) is 5.69 Å². The summed E-state index contributed by atoms with van der Waals surface area (Å²) in [5.74, 6) is -0.221. The third-order valence-corrected chi connectivity index (χ3v) is 3.57. The lowest BCUT2D eigenvalue weighted by Gasteiger charge is -2.27. The first-order valence-electron chi connectivity index (χ1n) is 6.40. The Labute approximate surface area is 113 Å². The van der Waals surface area contributed by atoms with E-state index in [1.54, 1.807) is 0 Å². The molecule has 4 heteroatoms. The monoisotopic (exact) mass is 262 g/mol. The average Bonchev–Trinajstić information content (AvgIpc) is 2.34. The van der Waals surface area contributed by atoms with Gasteiger partial charge in [0, 0.05) is 11.7 Å². The van der Waals surface area contributed by atoms with Crippen LogP contribution in [0.15, 0.2) is 24.3 Å². The molecular formula is C14H18N2OS. The molecule has 0 aliphatic heterocycles. The fraction of sp³-hybridized carbons (Fsp3) is 0.429. The molecule has 1 aliphatic carbocycles. The van der Waals surface area contributed by atoms with Gasteiger partial charge in [0.2, 0.25) is 0 Å². The van der Waals surface area contributed by atoms with E-state index in [2.05, 4.69) is 17.6 Å². The lowest BCUT2D eigenvalue weighted by Crippen LogP contribution is -2.43. The van der Waals surface area contributed by atoms with Crippen molar-refractivity contribution in [3.8, 4) is 0 Å². The molecule has 1 fully saturated rings. The minimum Gasteiger partial charge on any atom is -0.369 e. The zero-order valence-corrected chi connectivity index (χ0v) is 11.3. The summed E-state index contributed by atoms with van der Waals surface area (Å²) in [7, 11) is 0. The highest BCUT2D eigenvalue weighted by molar-refractivity contribution is 7.82. The first-order chi connectivity index (χ1) is 8.69. The molecule has 0 aromatic heterocycles. The van der Waals surface area contributed by atoms with E-state index in [0.29, 0.717) is 11.0 Å². The van der Waals surface area contributed by atoms with E-state index >= 15 is 0 Å². The minimum atomic E-state index is -0.221. The highest BCUT2D eigenvalue weighted by atomic mass is 32.1. The Bertz CT molecular complexity index is 438. The summed E-state index contributed by atoms with van der Waals surface area (Å²) in [5, 5.41) is 5.88. The third-order valence-electron chi connectivity index (χ3n) is 3.27. The Morgan fingerprint density at radius 3 is 2.50 bits per heavy atom. The van der Waals surface area contributed by atoms with E-state index in [9.17, 15) is 4.79 Å². The predicted molar refractivity (Wildman–Crippen MR) is 77.8 cm³/mol. The standard InChI is InChI=1S/C14H18N2OS/c1-2-10-6-8-12(9-7-10)15-13(17)14(18)16-11-4-3-5-11/h6-9,11H,2-5H2,1H3,(H,15,17)(H,16,18). The van der Waals surface area contributed by atoms with Crippen molar-refractivity contribution in [1.29, 1.82) is 0 Å². The highest BCUT2D eigenvalue weighted by Gasteiger charge is 2.20. The van der Waals surface area contributed by atoms with Gasteiger partial charge in [-0.2, -0.15) is 0 Å². The van der Waals surface area contributed by atoms with E-state index in [1.165, 1.54) is 12.0 Å². The van der Waals surface area contributed by atoms with Gasteiger partial charge in [0.25, 0.3) is 5.91 Å². The van der Waals surface area contributed by atoms with Crippen LogP contribution in [-0.2, 0) is 11.2 Å². The van der Waals surface area contributed by atoms with E-state index < -0.39 is 0 Å². The lowest BCUT2D eigenvalue weighted by molar-refractivity contribution is -0.110. The number of thiocarbonyl (C=S) groups is 1. The van der Waals surface area contributed by atoms with Gasteiger partial charge in [-0.15, -0.1) is 0 Å². The predicted octanol–water partition coefficient (Wildman–Crippen LogP) is 2.66. The normalized spacial score (nSPS) is 14.7. The van der Waals surface area contributed by atoms with Crippen LogP contribution in [0.3, 0.4) is 0 Å². The SMILES string of the molecule is CCc1ccc(NC(=O)C(=S)NC2CCC2)cc1. The first kappa shape index (κ1) is 13.0. The van der Waals surface area contributed by atoms with Crippen molar-refractivity contribution in [2.24, 2.45) is 0 Å². The van der Waals surface area contributed by atoms with Crippen LogP contribution in [0.5, 0.6) is 0 Å². The maximum atomic E-state index is 11.8. The minimum absolute atomic E-state index is 0.221. The molecule has 0 atom stereocenters. The number of anilines is 1. The van der Waals surface area contributed by atoms with Crippen LogP contribution in [-0.4, -0.2) is 16.9 Å². The van der Waals surface area contributed by atoms with Gasteiger partial charge < -0.3 is 10.6 Å². The largest absolute Gasteiger partial charge is 0.369 e. The molecule has 0 saturated heterocycles. The molecule has 0 bridgehead atoms. The zero-order valence-electron chi connectivity index (χ0n) is 10.5. The fourth-order valence-electron chi connectivity index (χ4n) is 1.82. The second kappa shape index (κ2) is 5.96. The van der Waals surface area contributed by atoms with Gasteiger partial charge in [-0.25, -0.2) is 0 Å². The number of rotatable bonds is 3. The number of amides is 1. The Morgan fingerprint density at radius 2 is 2.00 bits per heavy atom. The Morgan fingerprint density at radius 1 is 1.33 bits per heavy atom. The van der Waals surface area contributed by atoms with Crippen molar-refractivity contribution in [3.05, 3.63) is 29.8 Å². The van der Waals surface area contributed by atoms with Gasteiger partial charge in [-0.05, 0) is 43.4 Å². The third kappa shape index (κ3) is 3.29. The van der Waals surface area contributed by atoms with E-state index in [4.69, 9.17) is 12.2 Å². The molecule has 0 unspecified atom stereocenters. The molecule has 0 heterocycles. The molecule has 1 aromatic carbocycles. The number of hydrogen-bond donors (Lipinski definition) is 2. The van der Waals surface area contributed by atoms with Crippen molar-refractivity contribution in [1.82, 2.24) is 5.32 Å². The molecule has 1 amide bonds. The second-order valence-electron chi connectivity index (χ2n) is 4.61. The van der Waals surface area contributed by atoms with Crippen molar-refractivity contribution >= 4 is 28.8 Å². The summed E-state index contributed by atoms with van der Waals surface area (Å²) in [5.41, 5.74) is 2.04. The van der Waals surface area contributed by atoms with Gasteiger partial charge in [-0.3, -0.25) is 4.79 Å². The summed E-state index contributed by atoms with van der Waals surface area (Å²) < 4.78 is 0. The Kier molecular flexibility index (Phi) is 4.31. The quantitative estimate of drug-likeness (QED) is 0.823. The van der Waals surface area contributed by atoms with Crippen LogP contribution in [0.25, 0.3) is 0 Å². The molecule has 2 rings (SSSR count). The lowest BCUT2D eigenvalue weighted by atomic mass is 9.93. The van der Waals surface area contributed by atoms with Gasteiger partial charge in [-0.1, -0.05) is 31.3 Å². The average molecular weight is 262 g/mol. The summed E-state index contributed by atoms with van der Waals surface area (Å²) in [6, 6.07) is 8.23. The van der Waals surface area contributed by atoms with Crippen LogP contribution < -0.4 is 10.6 Å². The Balaban J connectivity index is 1.86. The van der Waals surface area contributed by atoms with Gasteiger partial charge in [0.05, 0.1) is 0 Å². The summed E-state index contributed by atoms with van der Waals surface area (Å²) in [6.45, 7) is 2.10. The number of carbonyl (C=O) groups excluding carboxylic acids is 1. The molecule has 1 aromatic rings. The molecule has 96 valence electrons. The number of hydrogen-bond acceptors (Lipinski definition) is 2. The fourth-order valence-corrected chi connectivity index (χ4v) is 2.03. The number of nitrogens with one attached hydrogen (secondary N) is 2.